The van der Waals surface area contributed by atoms with E-state index in [1.165, 1.54) is 7.11 Å². The number of carbonyl (C=O) groups is 3. The van der Waals surface area contributed by atoms with Gasteiger partial charge in [-0.25, -0.2) is 14.6 Å². The smallest absolute Gasteiger partial charge is 0.339 e. The van der Waals surface area contributed by atoms with Crippen LogP contribution in [-0.2, 0) is 9.53 Å². The van der Waals surface area contributed by atoms with Gasteiger partial charge in [0.2, 0.25) is 0 Å². The molecule has 3 amide bonds. The maximum Gasteiger partial charge on any atom is 0.339 e. The minimum atomic E-state index is -0.742. The summed E-state index contributed by atoms with van der Waals surface area (Å²) in [5.74, 6) is -0.377. The molecule has 34 heavy (non-hydrogen) atoms. The molecule has 178 valence electrons. The number of para-hydroxylation sites is 1. The van der Waals surface area contributed by atoms with E-state index in [2.05, 4.69) is 15.6 Å². The van der Waals surface area contributed by atoms with Crippen LogP contribution in [0.4, 0.5) is 4.79 Å². The standard InChI is InChI=1S/C25H27N3O6/c1-25(2,3)28-24(31)27-22(29)14-34-23(30)17-13-19(26-18-9-7-6-8-16(17)18)15-10-11-20(32-4)21(12-15)33-5/h6-13H,14H2,1-5H3,(H2,27,28,29,31). The largest absolute Gasteiger partial charge is 0.493 e. The van der Waals surface area contributed by atoms with Crippen LogP contribution in [0.3, 0.4) is 0 Å². The summed E-state index contributed by atoms with van der Waals surface area (Å²) in [5, 5.41) is 5.31. The maximum absolute atomic E-state index is 12.9. The summed E-state index contributed by atoms with van der Waals surface area (Å²) in [6.45, 7) is 4.73. The number of hydrogen-bond donors (Lipinski definition) is 2. The normalized spacial score (nSPS) is 11.0. The molecule has 2 aromatic carbocycles. The number of nitrogens with zero attached hydrogens (tertiary/aromatic N) is 1. The average molecular weight is 466 g/mol. The summed E-state index contributed by atoms with van der Waals surface area (Å²) >= 11 is 0. The van der Waals surface area contributed by atoms with Gasteiger partial charge in [0.15, 0.2) is 18.1 Å². The first-order chi connectivity index (χ1) is 16.1. The summed E-state index contributed by atoms with van der Waals surface area (Å²) in [7, 11) is 3.08. The zero-order chi connectivity index (χ0) is 24.9. The van der Waals surface area contributed by atoms with Crippen LogP contribution in [0, 0.1) is 0 Å². The van der Waals surface area contributed by atoms with E-state index in [9.17, 15) is 14.4 Å². The Morgan fingerprint density at radius 3 is 2.32 bits per heavy atom. The molecule has 1 heterocycles. The Balaban J connectivity index is 1.85. The second-order valence-electron chi connectivity index (χ2n) is 8.47. The highest BCUT2D eigenvalue weighted by Crippen LogP contribution is 2.33. The predicted octanol–water partition coefficient (Wildman–Crippen LogP) is 3.70. The number of urea groups is 1. The van der Waals surface area contributed by atoms with E-state index in [0.717, 1.165) is 0 Å². The van der Waals surface area contributed by atoms with Gasteiger partial charge in [0.1, 0.15) is 0 Å². The molecule has 0 spiro atoms. The number of benzene rings is 2. The van der Waals surface area contributed by atoms with E-state index >= 15 is 0 Å². The van der Waals surface area contributed by atoms with Crippen molar-refractivity contribution in [3.8, 4) is 22.8 Å². The SMILES string of the molecule is COc1ccc(-c2cc(C(=O)OCC(=O)NC(=O)NC(C)(C)C)c3ccccc3n2)cc1OC. The zero-order valence-electron chi connectivity index (χ0n) is 19.7. The molecule has 9 nitrogen and oxygen atoms in total. The number of amides is 3. The van der Waals surface area contributed by atoms with Crippen molar-refractivity contribution in [2.75, 3.05) is 20.8 Å². The van der Waals surface area contributed by atoms with Crippen molar-refractivity contribution in [1.29, 1.82) is 0 Å². The second-order valence-corrected chi connectivity index (χ2v) is 8.47. The highest BCUT2D eigenvalue weighted by atomic mass is 16.5. The fourth-order valence-electron chi connectivity index (χ4n) is 3.23. The van der Waals surface area contributed by atoms with Crippen LogP contribution in [0.15, 0.2) is 48.5 Å². The number of fused-ring (bicyclic) bond motifs is 1. The van der Waals surface area contributed by atoms with Crippen molar-refractivity contribution in [3.05, 3.63) is 54.1 Å². The first-order valence-electron chi connectivity index (χ1n) is 10.5. The lowest BCUT2D eigenvalue weighted by molar-refractivity contribution is -0.123. The number of hydrogen-bond acceptors (Lipinski definition) is 7. The number of nitrogens with one attached hydrogen (secondary N) is 2. The lowest BCUT2D eigenvalue weighted by Gasteiger charge is -2.20. The van der Waals surface area contributed by atoms with Crippen LogP contribution in [0.1, 0.15) is 31.1 Å². The van der Waals surface area contributed by atoms with Gasteiger partial charge in [-0.1, -0.05) is 18.2 Å². The van der Waals surface area contributed by atoms with Crippen LogP contribution in [0.5, 0.6) is 11.5 Å². The molecule has 0 saturated carbocycles. The van der Waals surface area contributed by atoms with Crippen LogP contribution < -0.4 is 20.1 Å². The third-order valence-corrected chi connectivity index (χ3v) is 4.69. The predicted molar refractivity (Wildman–Crippen MR) is 127 cm³/mol. The minimum absolute atomic E-state index is 0.238. The lowest BCUT2D eigenvalue weighted by atomic mass is 10.0. The molecule has 0 fully saturated rings. The van der Waals surface area contributed by atoms with Crippen molar-refractivity contribution in [2.45, 2.75) is 26.3 Å². The van der Waals surface area contributed by atoms with E-state index in [1.807, 2.05) is 6.07 Å². The van der Waals surface area contributed by atoms with Crippen LogP contribution in [0.25, 0.3) is 22.2 Å². The molecule has 3 rings (SSSR count). The number of methoxy groups -OCH3 is 2. The molecule has 2 N–H and O–H groups in total. The molecule has 0 aliphatic heterocycles. The summed E-state index contributed by atoms with van der Waals surface area (Å²) in [4.78, 5) is 41.5. The van der Waals surface area contributed by atoms with Gasteiger partial charge in [-0.05, 0) is 51.1 Å². The topological polar surface area (TPSA) is 116 Å². The van der Waals surface area contributed by atoms with Gasteiger partial charge in [-0.15, -0.1) is 0 Å². The van der Waals surface area contributed by atoms with Crippen LogP contribution >= 0.6 is 0 Å². The number of imide groups is 1. The summed E-state index contributed by atoms with van der Waals surface area (Å²) in [6.07, 6.45) is 0. The van der Waals surface area contributed by atoms with Gasteiger partial charge in [0.05, 0.1) is 31.0 Å². The molecule has 0 aliphatic rings. The van der Waals surface area contributed by atoms with E-state index in [-0.39, 0.29) is 5.56 Å². The molecule has 0 unspecified atom stereocenters. The third kappa shape index (κ3) is 6.00. The Labute approximate surface area is 197 Å². The number of esters is 1. The van der Waals surface area contributed by atoms with Crippen molar-refractivity contribution >= 4 is 28.8 Å². The molecule has 0 atom stereocenters. The van der Waals surface area contributed by atoms with E-state index in [4.69, 9.17) is 14.2 Å². The molecule has 0 saturated heterocycles. The van der Waals surface area contributed by atoms with E-state index in [0.29, 0.717) is 33.7 Å². The third-order valence-electron chi connectivity index (χ3n) is 4.69. The number of aromatic nitrogens is 1. The number of pyridine rings is 1. The molecule has 0 bridgehead atoms. The number of carbonyl (C=O) groups excluding carboxylic acids is 3. The summed E-state index contributed by atoms with van der Waals surface area (Å²) < 4.78 is 15.8. The van der Waals surface area contributed by atoms with Crippen molar-refractivity contribution < 1.29 is 28.6 Å². The highest BCUT2D eigenvalue weighted by Gasteiger charge is 2.19. The molecule has 9 heteroatoms. The molecular weight excluding hydrogens is 438 g/mol. The zero-order valence-corrected chi connectivity index (χ0v) is 19.7. The summed E-state index contributed by atoms with van der Waals surface area (Å²) in [6, 6.07) is 13.3. The molecular formula is C25H27N3O6. The average Bonchev–Trinajstić information content (AvgIpc) is 2.80. The Kier molecular flexibility index (Phi) is 7.35. The van der Waals surface area contributed by atoms with Gasteiger partial charge in [-0.2, -0.15) is 0 Å². The first kappa shape index (κ1) is 24.5. The first-order valence-corrected chi connectivity index (χ1v) is 10.5. The lowest BCUT2D eigenvalue weighted by Crippen LogP contribution is -2.49. The van der Waals surface area contributed by atoms with Crippen molar-refractivity contribution in [3.63, 3.8) is 0 Å². The van der Waals surface area contributed by atoms with Crippen LogP contribution in [-0.4, -0.2) is 49.3 Å². The van der Waals surface area contributed by atoms with Crippen LogP contribution in [0.2, 0.25) is 0 Å². The van der Waals surface area contributed by atoms with E-state index < -0.39 is 30.1 Å². The van der Waals surface area contributed by atoms with Crippen molar-refractivity contribution in [1.82, 2.24) is 15.6 Å². The fraction of sp³-hybridized carbons (Fsp3) is 0.280. The maximum atomic E-state index is 12.9. The minimum Gasteiger partial charge on any atom is -0.493 e. The molecule has 3 aromatic rings. The summed E-state index contributed by atoms with van der Waals surface area (Å²) in [5.41, 5.74) is 1.52. The Bertz CT molecular complexity index is 1230. The Morgan fingerprint density at radius 1 is 0.941 bits per heavy atom. The van der Waals surface area contributed by atoms with Gasteiger partial charge in [0.25, 0.3) is 5.91 Å². The van der Waals surface area contributed by atoms with Gasteiger partial charge >= 0.3 is 12.0 Å². The quantitative estimate of drug-likeness (QED) is 0.533. The Morgan fingerprint density at radius 2 is 1.65 bits per heavy atom. The highest BCUT2D eigenvalue weighted by molar-refractivity contribution is 6.05. The Hall–Kier alpha value is -4.14. The van der Waals surface area contributed by atoms with Gasteiger partial charge in [0, 0.05) is 16.5 Å². The fourth-order valence-corrected chi connectivity index (χ4v) is 3.23. The van der Waals surface area contributed by atoms with E-state index in [1.54, 1.807) is 70.3 Å². The number of ether oxygens (including phenoxy) is 3. The van der Waals surface area contributed by atoms with Crippen molar-refractivity contribution in [2.24, 2.45) is 0 Å². The number of rotatable bonds is 6. The van der Waals surface area contributed by atoms with Gasteiger partial charge < -0.3 is 19.5 Å². The molecule has 0 radical (unpaired) electrons. The molecule has 0 aliphatic carbocycles. The molecule has 1 aromatic heterocycles. The van der Waals surface area contributed by atoms with Gasteiger partial charge in [-0.3, -0.25) is 10.1 Å². The second kappa shape index (κ2) is 10.2. The monoisotopic (exact) mass is 465 g/mol.